The molecular formula is C24H25ClNO6PS. The van der Waals surface area contributed by atoms with Crippen molar-refractivity contribution in [3.63, 3.8) is 0 Å². The molecule has 0 spiro atoms. The van der Waals surface area contributed by atoms with E-state index in [1.165, 1.54) is 18.2 Å². The quantitative estimate of drug-likeness (QED) is 0.385. The van der Waals surface area contributed by atoms with Crippen LogP contribution in [0.5, 0.6) is 0 Å². The van der Waals surface area contributed by atoms with Crippen LogP contribution in [0.4, 0.5) is 5.69 Å². The van der Waals surface area contributed by atoms with Gasteiger partial charge in [-0.25, -0.2) is 8.42 Å². The Morgan fingerprint density at radius 1 is 1.06 bits per heavy atom. The molecule has 1 heterocycles. The Morgan fingerprint density at radius 3 is 2.41 bits per heavy atom. The van der Waals surface area contributed by atoms with Gasteiger partial charge in [-0.1, -0.05) is 41.9 Å². The molecule has 1 aliphatic rings. The number of nitrogens with one attached hydrogen (secondary N) is 1. The number of hydrogen-bond donors (Lipinski definition) is 1. The van der Waals surface area contributed by atoms with E-state index in [1.54, 1.807) is 26.0 Å². The van der Waals surface area contributed by atoms with Crippen LogP contribution in [0.25, 0.3) is 10.8 Å². The standard InChI is InChI=1S/C24H25ClNO6PS/c1-3-31-33(28,32-4-2)23(21-15-34(29,30)22-12-10-18(25)14-20(21)22)24(27)26-19-11-9-16-7-5-6-8-17(16)13-19/h5-14,21,23H,3-4,15H2,1-2H3,(H,26,27). The van der Waals surface area contributed by atoms with E-state index in [1.807, 2.05) is 30.3 Å². The highest BCUT2D eigenvalue weighted by Gasteiger charge is 2.52. The number of carbonyl (C=O) groups excluding carboxylic acids is 1. The van der Waals surface area contributed by atoms with Crippen molar-refractivity contribution in [1.29, 1.82) is 0 Å². The van der Waals surface area contributed by atoms with Crippen LogP contribution >= 0.6 is 19.2 Å². The summed E-state index contributed by atoms with van der Waals surface area (Å²) in [5.74, 6) is -2.00. The van der Waals surface area contributed by atoms with Crippen molar-refractivity contribution in [3.8, 4) is 0 Å². The van der Waals surface area contributed by atoms with Gasteiger partial charge in [0.25, 0.3) is 0 Å². The fourth-order valence-electron chi connectivity index (χ4n) is 4.36. The van der Waals surface area contributed by atoms with Crippen molar-refractivity contribution in [2.24, 2.45) is 0 Å². The second-order valence-electron chi connectivity index (χ2n) is 7.94. The SMILES string of the molecule is CCOP(=O)(OCC)C(C(=O)Nc1ccc2ccccc2c1)C1CS(=O)(=O)c2ccc(Cl)cc21. The lowest BCUT2D eigenvalue weighted by atomic mass is 9.97. The fourth-order valence-corrected chi connectivity index (χ4v) is 8.72. The van der Waals surface area contributed by atoms with Gasteiger partial charge in [0.05, 0.1) is 23.9 Å². The van der Waals surface area contributed by atoms with Crippen molar-refractivity contribution in [2.45, 2.75) is 30.3 Å². The minimum atomic E-state index is -4.07. The van der Waals surface area contributed by atoms with Gasteiger partial charge in [-0.3, -0.25) is 9.36 Å². The Balaban J connectivity index is 1.79. The number of carbonyl (C=O) groups is 1. The van der Waals surface area contributed by atoms with E-state index >= 15 is 0 Å². The third-order valence-electron chi connectivity index (χ3n) is 5.73. The molecule has 10 heteroatoms. The normalized spacial score (nSPS) is 17.9. The van der Waals surface area contributed by atoms with E-state index in [0.29, 0.717) is 16.3 Å². The van der Waals surface area contributed by atoms with Crippen LogP contribution in [0.15, 0.2) is 65.6 Å². The number of rotatable bonds is 8. The lowest BCUT2D eigenvalue weighted by molar-refractivity contribution is -0.116. The summed E-state index contributed by atoms with van der Waals surface area (Å²) >= 11 is 6.16. The molecule has 2 unspecified atom stereocenters. The summed E-state index contributed by atoms with van der Waals surface area (Å²) < 4.78 is 50.8. The highest BCUT2D eigenvalue weighted by atomic mass is 35.5. The maximum absolute atomic E-state index is 13.9. The number of hydrogen-bond acceptors (Lipinski definition) is 6. The van der Waals surface area contributed by atoms with Crippen molar-refractivity contribution < 1.29 is 26.8 Å². The zero-order valence-electron chi connectivity index (χ0n) is 18.7. The summed E-state index contributed by atoms with van der Waals surface area (Å²) in [6.45, 7) is 3.33. The van der Waals surface area contributed by atoms with Crippen LogP contribution in [0.3, 0.4) is 0 Å². The molecule has 180 valence electrons. The molecule has 0 bridgehead atoms. The first-order valence-electron chi connectivity index (χ1n) is 10.9. The van der Waals surface area contributed by atoms with Gasteiger partial charge in [0, 0.05) is 16.6 Å². The number of sulfone groups is 1. The number of benzene rings is 3. The van der Waals surface area contributed by atoms with Crippen molar-refractivity contribution in [1.82, 2.24) is 0 Å². The lowest BCUT2D eigenvalue weighted by Gasteiger charge is -2.29. The maximum atomic E-state index is 13.9. The van der Waals surface area contributed by atoms with E-state index < -0.39 is 40.7 Å². The summed E-state index contributed by atoms with van der Waals surface area (Å²) in [7, 11) is -7.78. The van der Waals surface area contributed by atoms with Crippen LogP contribution in [0.2, 0.25) is 5.02 Å². The molecule has 0 aromatic heterocycles. The molecule has 7 nitrogen and oxygen atoms in total. The first kappa shape index (κ1) is 24.9. The number of anilines is 1. The molecule has 34 heavy (non-hydrogen) atoms. The van der Waals surface area contributed by atoms with Gasteiger partial charge in [-0.05, 0) is 60.5 Å². The average Bonchev–Trinajstić information content (AvgIpc) is 3.03. The summed E-state index contributed by atoms with van der Waals surface area (Å²) in [4.78, 5) is 13.7. The Bertz CT molecular complexity index is 1380. The molecule has 0 saturated heterocycles. The zero-order chi connectivity index (χ0) is 24.5. The van der Waals surface area contributed by atoms with E-state index in [0.717, 1.165) is 10.8 Å². The van der Waals surface area contributed by atoms with Crippen molar-refractivity contribution in [2.75, 3.05) is 24.3 Å². The predicted molar refractivity (Wildman–Crippen MR) is 133 cm³/mol. The summed E-state index contributed by atoms with van der Waals surface area (Å²) in [6, 6.07) is 17.5. The molecule has 3 aromatic rings. The fraction of sp³-hybridized carbons (Fsp3) is 0.292. The molecule has 0 saturated carbocycles. The van der Waals surface area contributed by atoms with E-state index in [-0.39, 0.29) is 18.1 Å². The van der Waals surface area contributed by atoms with E-state index in [9.17, 15) is 17.8 Å². The largest absolute Gasteiger partial charge is 0.343 e. The molecule has 1 amide bonds. The topological polar surface area (TPSA) is 98.8 Å². The first-order chi connectivity index (χ1) is 16.2. The van der Waals surface area contributed by atoms with Crippen LogP contribution in [0, 0.1) is 0 Å². The van der Waals surface area contributed by atoms with E-state index in [4.69, 9.17) is 20.6 Å². The molecular weight excluding hydrogens is 497 g/mol. The molecule has 1 N–H and O–H groups in total. The van der Waals surface area contributed by atoms with Gasteiger partial charge in [-0.2, -0.15) is 0 Å². The Labute approximate surface area is 203 Å². The second-order valence-corrected chi connectivity index (χ2v) is 12.5. The summed E-state index contributed by atoms with van der Waals surface area (Å²) in [6.07, 6.45) is 0. The van der Waals surface area contributed by atoms with Gasteiger partial charge in [0.2, 0.25) is 5.91 Å². The molecule has 2 atom stereocenters. The van der Waals surface area contributed by atoms with Crippen LogP contribution in [-0.2, 0) is 28.2 Å². The third-order valence-corrected chi connectivity index (χ3v) is 10.3. The summed E-state index contributed by atoms with van der Waals surface area (Å²) in [5.41, 5.74) is -0.570. The van der Waals surface area contributed by atoms with Gasteiger partial charge in [0.15, 0.2) is 9.84 Å². The second kappa shape index (κ2) is 9.80. The Morgan fingerprint density at radius 2 is 1.74 bits per heavy atom. The highest BCUT2D eigenvalue weighted by Crippen LogP contribution is 2.59. The van der Waals surface area contributed by atoms with Crippen LogP contribution < -0.4 is 5.32 Å². The maximum Gasteiger partial charge on any atom is 0.343 e. The number of amides is 1. The van der Waals surface area contributed by atoms with Crippen LogP contribution in [-0.4, -0.2) is 39.0 Å². The monoisotopic (exact) mass is 521 g/mol. The average molecular weight is 522 g/mol. The van der Waals surface area contributed by atoms with Crippen LogP contribution in [0.1, 0.15) is 25.3 Å². The molecule has 0 aliphatic carbocycles. The van der Waals surface area contributed by atoms with Gasteiger partial charge < -0.3 is 14.4 Å². The number of halogens is 1. The number of fused-ring (bicyclic) bond motifs is 2. The van der Waals surface area contributed by atoms with Gasteiger partial charge >= 0.3 is 7.60 Å². The zero-order valence-corrected chi connectivity index (χ0v) is 21.2. The molecule has 0 fully saturated rings. The summed E-state index contributed by atoms with van der Waals surface area (Å²) in [5, 5.41) is 5.03. The molecule has 3 aromatic carbocycles. The molecule has 4 rings (SSSR count). The Hall–Kier alpha value is -2.22. The highest BCUT2D eigenvalue weighted by molar-refractivity contribution is 7.91. The van der Waals surface area contributed by atoms with E-state index in [2.05, 4.69) is 5.32 Å². The van der Waals surface area contributed by atoms with Crippen molar-refractivity contribution >= 4 is 51.4 Å². The molecule has 0 radical (unpaired) electrons. The minimum Gasteiger partial charge on any atom is -0.325 e. The third kappa shape index (κ3) is 4.79. The van der Waals surface area contributed by atoms with Gasteiger partial charge in [-0.15, -0.1) is 0 Å². The van der Waals surface area contributed by atoms with Crippen molar-refractivity contribution in [3.05, 3.63) is 71.2 Å². The minimum absolute atomic E-state index is 0.0267. The lowest BCUT2D eigenvalue weighted by Crippen LogP contribution is -2.35. The Kier molecular flexibility index (Phi) is 7.17. The first-order valence-corrected chi connectivity index (χ1v) is 14.5. The smallest absolute Gasteiger partial charge is 0.325 e. The van der Waals surface area contributed by atoms with Gasteiger partial charge in [0.1, 0.15) is 5.66 Å². The predicted octanol–water partition coefficient (Wildman–Crippen LogP) is 5.64. The molecule has 1 aliphatic heterocycles.